The van der Waals surface area contributed by atoms with Gasteiger partial charge in [0.2, 0.25) is 5.95 Å². The number of hydrogen-bond donors (Lipinski definition) is 1. The Balaban J connectivity index is 2.69. The summed E-state index contributed by atoms with van der Waals surface area (Å²) in [5, 5.41) is 0. The molecule has 9 heteroatoms. The maximum atomic E-state index is 12.3. The molecule has 0 unspecified atom stereocenters. The lowest BCUT2D eigenvalue weighted by Crippen LogP contribution is -2.29. The minimum absolute atomic E-state index is 0.167. The van der Waals surface area contributed by atoms with Crippen molar-refractivity contribution >= 4 is 33.2 Å². The zero-order valence-corrected chi connectivity index (χ0v) is 12.7. The highest BCUT2D eigenvalue weighted by Crippen LogP contribution is 2.22. The summed E-state index contributed by atoms with van der Waals surface area (Å²) >= 11 is 0. The topological polar surface area (TPSA) is 108 Å². The van der Waals surface area contributed by atoms with Crippen LogP contribution in [0.25, 0.3) is 11.0 Å². The van der Waals surface area contributed by atoms with E-state index in [-0.39, 0.29) is 23.6 Å². The van der Waals surface area contributed by atoms with Gasteiger partial charge in [0.05, 0.1) is 23.2 Å². The van der Waals surface area contributed by atoms with Gasteiger partial charge in [-0.15, -0.1) is 0 Å². The molecule has 2 aromatic rings. The number of esters is 1. The van der Waals surface area contributed by atoms with Crippen LogP contribution in [0, 0.1) is 0 Å². The molecule has 0 aliphatic carbocycles. The maximum absolute atomic E-state index is 12.3. The second-order valence-electron chi connectivity index (χ2n) is 4.45. The summed E-state index contributed by atoms with van der Waals surface area (Å²) in [6, 6.07) is 4.44. The fraction of sp³-hybridized carbons (Fsp3) is 0.333. The van der Waals surface area contributed by atoms with Crippen LogP contribution in [0.2, 0.25) is 0 Å². The number of benzene rings is 1. The molecule has 0 aliphatic rings. The molecule has 1 aromatic carbocycles. The van der Waals surface area contributed by atoms with E-state index in [0.717, 1.165) is 8.28 Å². The summed E-state index contributed by atoms with van der Waals surface area (Å²) in [4.78, 5) is 15.7. The number of nitrogen functional groups attached to an aromatic ring is 1. The zero-order chi connectivity index (χ0) is 15.8. The van der Waals surface area contributed by atoms with Crippen molar-refractivity contribution in [2.24, 2.45) is 0 Å². The Morgan fingerprint density at radius 3 is 2.67 bits per heavy atom. The van der Waals surface area contributed by atoms with Gasteiger partial charge >= 0.3 is 16.2 Å². The number of fused-ring (bicyclic) bond motifs is 1. The van der Waals surface area contributed by atoms with Gasteiger partial charge < -0.3 is 10.5 Å². The zero-order valence-electron chi connectivity index (χ0n) is 11.9. The number of aromatic nitrogens is 2. The number of imidazole rings is 1. The van der Waals surface area contributed by atoms with Gasteiger partial charge in [-0.3, -0.25) is 0 Å². The van der Waals surface area contributed by atoms with E-state index in [2.05, 4.69) is 4.98 Å². The monoisotopic (exact) mass is 312 g/mol. The third kappa shape index (κ3) is 2.57. The van der Waals surface area contributed by atoms with Crippen LogP contribution < -0.4 is 5.73 Å². The average molecular weight is 312 g/mol. The van der Waals surface area contributed by atoms with Crippen molar-refractivity contribution in [1.29, 1.82) is 0 Å². The van der Waals surface area contributed by atoms with Crippen LogP contribution in [-0.4, -0.2) is 48.4 Å². The molecule has 0 atom stereocenters. The Kier molecular flexibility index (Phi) is 3.88. The van der Waals surface area contributed by atoms with Crippen molar-refractivity contribution in [3.63, 3.8) is 0 Å². The quantitative estimate of drug-likeness (QED) is 0.821. The van der Waals surface area contributed by atoms with Crippen LogP contribution in [0.15, 0.2) is 18.2 Å². The van der Waals surface area contributed by atoms with Gasteiger partial charge in [0.25, 0.3) is 0 Å². The standard InChI is InChI=1S/C12H16N4O4S/c1-4-20-11(17)8-5-6-9-10(7-8)16(12(13)14-9)21(18,19)15(2)3/h5-7H,4H2,1-3H3,(H2,13,14). The second-order valence-corrected chi connectivity index (χ2v) is 6.44. The fourth-order valence-corrected chi connectivity index (χ4v) is 2.82. The summed E-state index contributed by atoms with van der Waals surface area (Å²) in [6.07, 6.45) is 0. The average Bonchev–Trinajstić information content (AvgIpc) is 2.74. The number of ether oxygens (including phenoxy) is 1. The Labute approximate surface area is 122 Å². The van der Waals surface area contributed by atoms with Crippen LogP contribution in [0.4, 0.5) is 5.95 Å². The molecule has 1 heterocycles. The van der Waals surface area contributed by atoms with E-state index in [1.54, 1.807) is 6.92 Å². The fourth-order valence-electron chi connectivity index (χ4n) is 1.82. The molecule has 0 fully saturated rings. The number of carbonyl (C=O) groups is 1. The molecular weight excluding hydrogens is 296 g/mol. The first-order valence-corrected chi connectivity index (χ1v) is 7.57. The summed E-state index contributed by atoms with van der Waals surface area (Å²) < 4.78 is 31.4. The van der Waals surface area contributed by atoms with Crippen LogP contribution in [0.5, 0.6) is 0 Å². The summed E-state index contributed by atoms with van der Waals surface area (Å²) in [5.41, 5.74) is 6.54. The van der Waals surface area contributed by atoms with Crippen molar-refractivity contribution in [2.45, 2.75) is 6.92 Å². The Bertz CT molecular complexity index is 795. The molecular formula is C12H16N4O4S. The summed E-state index contributed by atoms with van der Waals surface area (Å²) in [6.45, 7) is 1.92. The molecule has 0 radical (unpaired) electrons. The molecule has 0 saturated heterocycles. The third-order valence-corrected chi connectivity index (χ3v) is 4.61. The molecule has 0 saturated carbocycles. The number of hydrogen-bond acceptors (Lipinski definition) is 6. The van der Waals surface area contributed by atoms with Crippen molar-refractivity contribution in [3.8, 4) is 0 Å². The molecule has 21 heavy (non-hydrogen) atoms. The normalized spacial score (nSPS) is 12.0. The van der Waals surface area contributed by atoms with E-state index >= 15 is 0 Å². The minimum Gasteiger partial charge on any atom is -0.462 e. The van der Waals surface area contributed by atoms with Gasteiger partial charge in [0, 0.05) is 14.1 Å². The molecule has 0 spiro atoms. The number of nitrogens with two attached hydrogens (primary N) is 1. The van der Waals surface area contributed by atoms with Crippen molar-refractivity contribution in [2.75, 3.05) is 26.4 Å². The highest BCUT2D eigenvalue weighted by molar-refractivity contribution is 7.87. The molecule has 0 bridgehead atoms. The molecule has 0 aliphatic heterocycles. The van der Waals surface area contributed by atoms with Gasteiger partial charge in [-0.25, -0.2) is 9.78 Å². The lowest BCUT2D eigenvalue weighted by molar-refractivity contribution is 0.0526. The first-order chi connectivity index (χ1) is 9.78. The Morgan fingerprint density at radius 2 is 2.10 bits per heavy atom. The van der Waals surface area contributed by atoms with Crippen molar-refractivity contribution < 1.29 is 17.9 Å². The molecule has 2 rings (SSSR count). The van der Waals surface area contributed by atoms with Crippen molar-refractivity contribution in [1.82, 2.24) is 13.3 Å². The van der Waals surface area contributed by atoms with E-state index in [0.29, 0.717) is 5.52 Å². The lowest BCUT2D eigenvalue weighted by atomic mass is 10.2. The highest BCUT2D eigenvalue weighted by atomic mass is 32.2. The predicted octanol–water partition coefficient (Wildman–Crippen LogP) is 0.450. The van der Waals surface area contributed by atoms with Gasteiger partial charge in [0.1, 0.15) is 0 Å². The first kappa shape index (κ1) is 15.3. The predicted molar refractivity (Wildman–Crippen MR) is 78.1 cm³/mol. The minimum atomic E-state index is -3.84. The third-order valence-electron chi connectivity index (χ3n) is 2.84. The first-order valence-electron chi connectivity index (χ1n) is 6.17. The molecule has 8 nitrogen and oxygen atoms in total. The SMILES string of the molecule is CCOC(=O)c1ccc2nc(N)n(S(=O)(=O)N(C)C)c2c1. The van der Waals surface area contributed by atoms with Gasteiger partial charge in [0.15, 0.2) is 0 Å². The van der Waals surface area contributed by atoms with E-state index in [1.807, 2.05) is 0 Å². The Hall–Kier alpha value is -2.13. The molecule has 2 N–H and O–H groups in total. The summed E-state index contributed by atoms with van der Waals surface area (Å²) in [5.74, 6) is -0.701. The largest absolute Gasteiger partial charge is 0.462 e. The van der Waals surface area contributed by atoms with Crippen molar-refractivity contribution in [3.05, 3.63) is 23.8 Å². The van der Waals surface area contributed by atoms with E-state index in [9.17, 15) is 13.2 Å². The van der Waals surface area contributed by atoms with E-state index < -0.39 is 16.2 Å². The van der Waals surface area contributed by atoms with Crippen LogP contribution in [-0.2, 0) is 14.9 Å². The Morgan fingerprint density at radius 1 is 1.43 bits per heavy atom. The highest BCUT2D eigenvalue weighted by Gasteiger charge is 2.23. The van der Waals surface area contributed by atoms with Gasteiger partial charge in [-0.05, 0) is 25.1 Å². The maximum Gasteiger partial charge on any atom is 0.338 e. The van der Waals surface area contributed by atoms with Crippen LogP contribution in [0.3, 0.4) is 0 Å². The lowest BCUT2D eigenvalue weighted by Gasteiger charge is -2.13. The number of rotatable bonds is 4. The number of carbonyl (C=O) groups excluding carboxylic acids is 1. The van der Waals surface area contributed by atoms with E-state index in [4.69, 9.17) is 10.5 Å². The molecule has 114 valence electrons. The van der Waals surface area contributed by atoms with Gasteiger partial charge in [-0.2, -0.15) is 16.7 Å². The number of anilines is 1. The smallest absolute Gasteiger partial charge is 0.338 e. The van der Waals surface area contributed by atoms with E-state index in [1.165, 1.54) is 32.3 Å². The van der Waals surface area contributed by atoms with Gasteiger partial charge in [-0.1, -0.05) is 0 Å². The molecule has 0 amide bonds. The second kappa shape index (κ2) is 5.34. The number of nitrogens with zero attached hydrogens (tertiary/aromatic N) is 3. The molecule has 1 aromatic heterocycles. The van der Waals surface area contributed by atoms with Crippen LogP contribution in [0.1, 0.15) is 17.3 Å². The summed E-state index contributed by atoms with van der Waals surface area (Å²) in [7, 11) is -1.07. The van der Waals surface area contributed by atoms with Crippen LogP contribution >= 0.6 is 0 Å².